The highest BCUT2D eigenvalue weighted by atomic mass is 32.1. The van der Waals surface area contributed by atoms with Crippen molar-refractivity contribution in [2.75, 3.05) is 43.9 Å². The molecular weight excluding hydrogens is 288 g/mol. The molecule has 1 unspecified atom stereocenters. The Morgan fingerprint density at radius 1 is 1.48 bits per heavy atom. The maximum Gasteiger partial charge on any atom is 0.345 e. The number of likely N-dealkylation sites (N-methyl/N-ethyl adjacent to an activating group) is 1. The molecule has 0 aliphatic carbocycles. The summed E-state index contributed by atoms with van der Waals surface area (Å²) in [7, 11) is 2.14. The van der Waals surface area contributed by atoms with Gasteiger partial charge in [0.1, 0.15) is 10.6 Å². The van der Waals surface area contributed by atoms with Crippen LogP contribution in [0.25, 0.3) is 0 Å². The molecule has 1 aromatic rings. The zero-order chi connectivity index (χ0) is 15.4. The van der Waals surface area contributed by atoms with E-state index in [4.69, 9.17) is 10.5 Å². The standard InChI is InChI=1S/C14H24N4O2S/c1-4-10-9-17(3)7-6-8-18(10)13-11(12(15)16-21-13)14(19)20-5-2/h10H,4-9H2,1-3H3,(H2,15,16). The van der Waals surface area contributed by atoms with E-state index in [-0.39, 0.29) is 11.8 Å². The van der Waals surface area contributed by atoms with Crippen LogP contribution in [0.1, 0.15) is 37.0 Å². The van der Waals surface area contributed by atoms with Crippen molar-refractivity contribution in [3.63, 3.8) is 0 Å². The number of hydrogen-bond donors (Lipinski definition) is 1. The van der Waals surface area contributed by atoms with Gasteiger partial charge in [-0.25, -0.2) is 4.79 Å². The average molecular weight is 312 g/mol. The van der Waals surface area contributed by atoms with Gasteiger partial charge in [0.15, 0.2) is 5.82 Å². The highest BCUT2D eigenvalue weighted by molar-refractivity contribution is 7.11. The minimum absolute atomic E-state index is 0.279. The summed E-state index contributed by atoms with van der Waals surface area (Å²) < 4.78 is 9.31. The van der Waals surface area contributed by atoms with E-state index < -0.39 is 0 Å². The Kier molecular flexibility index (Phi) is 5.41. The Morgan fingerprint density at radius 3 is 2.90 bits per heavy atom. The maximum atomic E-state index is 12.2. The number of aromatic nitrogens is 1. The first kappa shape index (κ1) is 16.0. The second kappa shape index (κ2) is 7.09. The molecule has 0 spiro atoms. The molecule has 21 heavy (non-hydrogen) atoms. The second-order valence-corrected chi connectivity index (χ2v) is 6.09. The minimum Gasteiger partial charge on any atom is -0.462 e. The third-order valence-electron chi connectivity index (χ3n) is 3.81. The fourth-order valence-corrected chi connectivity index (χ4v) is 3.64. The second-order valence-electron chi connectivity index (χ2n) is 5.34. The van der Waals surface area contributed by atoms with Gasteiger partial charge in [0.2, 0.25) is 0 Å². The van der Waals surface area contributed by atoms with Crippen LogP contribution in [0, 0.1) is 0 Å². The van der Waals surface area contributed by atoms with E-state index in [1.54, 1.807) is 6.92 Å². The molecular formula is C14H24N4O2S. The Hall–Kier alpha value is -1.34. The van der Waals surface area contributed by atoms with Crippen LogP contribution < -0.4 is 10.6 Å². The number of carbonyl (C=O) groups excluding carboxylic acids is 1. The fourth-order valence-electron chi connectivity index (χ4n) is 2.74. The monoisotopic (exact) mass is 312 g/mol. The van der Waals surface area contributed by atoms with Gasteiger partial charge in [-0.1, -0.05) is 6.92 Å². The molecule has 0 bridgehead atoms. The van der Waals surface area contributed by atoms with Crippen molar-refractivity contribution >= 4 is 28.3 Å². The van der Waals surface area contributed by atoms with Crippen LogP contribution in [0.3, 0.4) is 0 Å². The van der Waals surface area contributed by atoms with Gasteiger partial charge in [0, 0.05) is 19.1 Å². The van der Waals surface area contributed by atoms with Crippen LogP contribution in [-0.2, 0) is 4.74 Å². The van der Waals surface area contributed by atoms with Gasteiger partial charge in [-0.15, -0.1) is 0 Å². The van der Waals surface area contributed by atoms with E-state index in [0.717, 1.165) is 37.5 Å². The molecule has 1 fully saturated rings. The van der Waals surface area contributed by atoms with E-state index in [0.29, 0.717) is 18.2 Å². The molecule has 1 aliphatic heterocycles. The lowest BCUT2D eigenvalue weighted by Gasteiger charge is -2.31. The number of rotatable bonds is 4. The lowest BCUT2D eigenvalue weighted by atomic mass is 10.1. The number of esters is 1. The van der Waals surface area contributed by atoms with Gasteiger partial charge >= 0.3 is 5.97 Å². The first-order chi connectivity index (χ1) is 10.1. The zero-order valence-corrected chi connectivity index (χ0v) is 13.8. The van der Waals surface area contributed by atoms with E-state index in [2.05, 4.69) is 28.1 Å². The smallest absolute Gasteiger partial charge is 0.345 e. The van der Waals surface area contributed by atoms with Gasteiger partial charge in [-0.3, -0.25) is 0 Å². The number of ether oxygens (including phenoxy) is 1. The van der Waals surface area contributed by atoms with Crippen molar-refractivity contribution in [1.29, 1.82) is 0 Å². The Labute approximate surface area is 130 Å². The topological polar surface area (TPSA) is 71.7 Å². The average Bonchev–Trinajstić information content (AvgIpc) is 2.72. The van der Waals surface area contributed by atoms with Crippen molar-refractivity contribution < 1.29 is 9.53 Å². The maximum absolute atomic E-state index is 12.2. The highest BCUT2D eigenvalue weighted by Crippen LogP contribution is 2.34. The first-order valence-electron chi connectivity index (χ1n) is 7.45. The van der Waals surface area contributed by atoms with Gasteiger partial charge in [0.25, 0.3) is 0 Å². The Balaban J connectivity index is 2.33. The molecule has 0 radical (unpaired) electrons. The van der Waals surface area contributed by atoms with E-state index >= 15 is 0 Å². The molecule has 2 heterocycles. The molecule has 7 heteroatoms. The number of nitrogens with zero attached hydrogens (tertiary/aromatic N) is 3. The van der Waals surface area contributed by atoms with E-state index in [9.17, 15) is 4.79 Å². The van der Waals surface area contributed by atoms with Crippen LogP contribution in [-0.4, -0.2) is 54.6 Å². The summed E-state index contributed by atoms with van der Waals surface area (Å²) in [5, 5.41) is 0.855. The fraction of sp³-hybridized carbons (Fsp3) is 0.714. The van der Waals surface area contributed by atoms with Crippen LogP contribution in [0.5, 0.6) is 0 Å². The Bertz CT molecular complexity index is 491. The summed E-state index contributed by atoms with van der Waals surface area (Å²) in [4.78, 5) is 16.8. The molecule has 0 aromatic carbocycles. The molecule has 1 saturated heterocycles. The van der Waals surface area contributed by atoms with Gasteiger partial charge in [0.05, 0.1) is 6.61 Å². The van der Waals surface area contributed by atoms with Crippen LogP contribution in [0.15, 0.2) is 0 Å². The summed E-state index contributed by atoms with van der Waals surface area (Å²) in [5.41, 5.74) is 6.33. The van der Waals surface area contributed by atoms with Gasteiger partial charge in [-0.05, 0) is 44.9 Å². The van der Waals surface area contributed by atoms with Crippen molar-refractivity contribution in [3.05, 3.63) is 5.56 Å². The minimum atomic E-state index is -0.369. The summed E-state index contributed by atoms with van der Waals surface area (Å²) in [6.07, 6.45) is 2.08. The normalized spacial score (nSPS) is 20.3. The predicted octanol–water partition coefficient (Wildman–Crippen LogP) is 1.82. The van der Waals surface area contributed by atoms with Crippen molar-refractivity contribution in [1.82, 2.24) is 9.27 Å². The summed E-state index contributed by atoms with van der Waals surface area (Å²) >= 11 is 1.30. The first-order valence-corrected chi connectivity index (χ1v) is 8.23. The molecule has 1 aliphatic rings. The summed E-state index contributed by atoms with van der Waals surface area (Å²) in [6.45, 7) is 7.27. The van der Waals surface area contributed by atoms with Gasteiger partial charge in [-0.2, -0.15) is 4.37 Å². The number of nitrogens with two attached hydrogens (primary N) is 1. The number of hydrogen-bond acceptors (Lipinski definition) is 7. The van der Waals surface area contributed by atoms with Crippen molar-refractivity contribution in [2.24, 2.45) is 0 Å². The van der Waals surface area contributed by atoms with Crippen LogP contribution >= 0.6 is 11.5 Å². The summed E-state index contributed by atoms with van der Waals surface area (Å²) in [6, 6.07) is 0.366. The molecule has 1 aromatic heterocycles. The van der Waals surface area contributed by atoms with Crippen LogP contribution in [0.4, 0.5) is 10.8 Å². The molecule has 6 nitrogen and oxygen atoms in total. The summed E-state index contributed by atoms with van der Waals surface area (Å²) in [5.74, 6) is -0.0906. The quantitative estimate of drug-likeness (QED) is 0.855. The largest absolute Gasteiger partial charge is 0.462 e. The molecule has 1 atom stereocenters. The van der Waals surface area contributed by atoms with E-state index in [1.807, 2.05) is 0 Å². The van der Waals surface area contributed by atoms with Crippen molar-refractivity contribution in [3.8, 4) is 0 Å². The SMILES string of the molecule is CCOC(=O)c1c(N)nsc1N1CCCN(C)CC1CC. The lowest BCUT2D eigenvalue weighted by Crippen LogP contribution is -2.40. The van der Waals surface area contributed by atoms with Gasteiger partial charge < -0.3 is 20.3 Å². The zero-order valence-electron chi connectivity index (χ0n) is 13.0. The number of carbonyl (C=O) groups is 1. The third kappa shape index (κ3) is 3.47. The third-order valence-corrected chi connectivity index (χ3v) is 4.71. The van der Waals surface area contributed by atoms with E-state index in [1.165, 1.54) is 11.5 Å². The molecule has 118 valence electrons. The number of anilines is 2. The number of nitrogen functional groups attached to an aromatic ring is 1. The molecule has 0 amide bonds. The lowest BCUT2D eigenvalue weighted by molar-refractivity contribution is 0.0528. The molecule has 2 rings (SSSR count). The van der Waals surface area contributed by atoms with Crippen molar-refractivity contribution in [2.45, 2.75) is 32.7 Å². The highest BCUT2D eigenvalue weighted by Gasteiger charge is 2.30. The van der Waals surface area contributed by atoms with Crippen LogP contribution in [0.2, 0.25) is 0 Å². The Morgan fingerprint density at radius 2 is 2.24 bits per heavy atom. The predicted molar refractivity (Wildman–Crippen MR) is 86.0 cm³/mol. The molecule has 2 N–H and O–H groups in total. The molecule has 0 saturated carbocycles.